The van der Waals surface area contributed by atoms with E-state index in [1.807, 2.05) is 20.8 Å². The molecule has 122 valence electrons. The average Bonchev–Trinajstić information content (AvgIpc) is 2.86. The molecule has 2 heterocycles. The minimum absolute atomic E-state index is 0.0168. The zero-order valence-electron chi connectivity index (χ0n) is 13.0. The second-order valence-electron chi connectivity index (χ2n) is 6.90. The van der Waals surface area contributed by atoms with Crippen LogP contribution in [0.15, 0.2) is 18.2 Å². The zero-order valence-corrected chi connectivity index (χ0v) is 13.0. The molecule has 2 aliphatic heterocycles. The van der Waals surface area contributed by atoms with E-state index >= 15 is 0 Å². The van der Waals surface area contributed by atoms with Gasteiger partial charge in [-0.15, -0.1) is 0 Å². The van der Waals surface area contributed by atoms with Crippen LogP contribution in [0.4, 0.5) is 13.2 Å². The maximum Gasteiger partial charge on any atom is 0.132 e. The summed E-state index contributed by atoms with van der Waals surface area (Å²) in [5, 5.41) is 0. The smallest absolute Gasteiger partial charge is 0.132 e. The van der Waals surface area contributed by atoms with Gasteiger partial charge in [-0.05, 0) is 25.0 Å². The summed E-state index contributed by atoms with van der Waals surface area (Å²) in [6, 6.07) is 3.72. The van der Waals surface area contributed by atoms with Crippen LogP contribution in [0.25, 0.3) is 0 Å². The van der Waals surface area contributed by atoms with Crippen molar-refractivity contribution in [1.82, 2.24) is 0 Å². The number of fused-ring (bicyclic) bond motifs is 2. The molecule has 0 radical (unpaired) electrons. The molecule has 1 aromatic rings. The molecule has 0 spiro atoms. The first kappa shape index (κ1) is 15.8. The van der Waals surface area contributed by atoms with Gasteiger partial charge in [0.15, 0.2) is 0 Å². The molecule has 0 aliphatic carbocycles. The van der Waals surface area contributed by atoms with Crippen LogP contribution >= 0.6 is 0 Å². The molecule has 0 saturated carbocycles. The standard InChI is InChI=1S/C17H21F3O2/c1-10(2)17-8-15(16(3,22-17)7-14(17)20)21-9-11-12(18)5-4-6-13(11)19/h4-6,10,14-15H,7-9H2,1-3H3/t14-,15+,16-,17+/m0/s1. The fraction of sp³-hybridized carbons (Fsp3) is 0.647. The molecule has 0 unspecified atom stereocenters. The third-order valence-corrected chi connectivity index (χ3v) is 5.19. The number of hydrogen-bond acceptors (Lipinski definition) is 2. The zero-order chi connectivity index (χ0) is 16.1. The Bertz CT molecular complexity index is 557. The van der Waals surface area contributed by atoms with E-state index in [1.54, 1.807) is 0 Å². The van der Waals surface area contributed by atoms with Gasteiger partial charge in [0, 0.05) is 18.4 Å². The van der Waals surface area contributed by atoms with E-state index in [0.29, 0.717) is 6.42 Å². The van der Waals surface area contributed by atoms with E-state index < -0.39 is 29.0 Å². The summed E-state index contributed by atoms with van der Waals surface area (Å²) in [6.45, 7) is 5.50. The van der Waals surface area contributed by atoms with Gasteiger partial charge in [-0.1, -0.05) is 19.9 Å². The van der Waals surface area contributed by atoms with E-state index in [4.69, 9.17) is 9.47 Å². The van der Waals surface area contributed by atoms with Crippen LogP contribution in [0.3, 0.4) is 0 Å². The summed E-state index contributed by atoms with van der Waals surface area (Å²) in [4.78, 5) is 0. The van der Waals surface area contributed by atoms with Gasteiger partial charge in [0.05, 0.1) is 18.3 Å². The van der Waals surface area contributed by atoms with Crippen molar-refractivity contribution in [1.29, 1.82) is 0 Å². The van der Waals surface area contributed by atoms with Gasteiger partial charge in [0.1, 0.15) is 23.4 Å². The number of ether oxygens (including phenoxy) is 2. The van der Waals surface area contributed by atoms with Crippen LogP contribution in [0.2, 0.25) is 0 Å². The number of hydrogen-bond donors (Lipinski definition) is 0. The molecule has 0 amide bonds. The fourth-order valence-electron chi connectivity index (χ4n) is 3.75. The van der Waals surface area contributed by atoms with Crippen molar-refractivity contribution in [3.63, 3.8) is 0 Å². The van der Waals surface area contributed by atoms with Crippen LogP contribution in [0, 0.1) is 17.6 Å². The summed E-state index contributed by atoms with van der Waals surface area (Å²) in [5.41, 5.74) is -1.66. The summed E-state index contributed by atoms with van der Waals surface area (Å²) in [5.74, 6) is -1.24. The molecule has 0 aromatic heterocycles. The van der Waals surface area contributed by atoms with E-state index in [9.17, 15) is 13.2 Å². The predicted molar refractivity (Wildman–Crippen MR) is 76.1 cm³/mol. The van der Waals surface area contributed by atoms with Crippen LogP contribution in [-0.4, -0.2) is 23.5 Å². The first-order chi connectivity index (χ1) is 10.3. The molecule has 0 N–H and O–H groups in total. The van der Waals surface area contributed by atoms with Gasteiger partial charge in [0.25, 0.3) is 0 Å². The van der Waals surface area contributed by atoms with Crippen LogP contribution in [-0.2, 0) is 16.1 Å². The Kier molecular flexibility index (Phi) is 3.76. The third-order valence-electron chi connectivity index (χ3n) is 5.19. The molecule has 2 aliphatic rings. The normalized spacial score (nSPS) is 37.2. The highest BCUT2D eigenvalue weighted by atomic mass is 19.1. The highest BCUT2D eigenvalue weighted by Gasteiger charge is 2.66. The molecule has 2 nitrogen and oxygen atoms in total. The van der Waals surface area contributed by atoms with Gasteiger partial charge in [-0.3, -0.25) is 0 Å². The quantitative estimate of drug-likeness (QED) is 0.830. The second kappa shape index (κ2) is 5.24. The lowest BCUT2D eigenvalue weighted by Gasteiger charge is -2.34. The lowest BCUT2D eigenvalue weighted by atomic mass is 9.74. The molecular formula is C17H21F3O2. The van der Waals surface area contributed by atoms with Crippen LogP contribution < -0.4 is 0 Å². The Morgan fingerprint density at radius 3 is 2.45 bits per heavy atom. The van der Waals surface area contributed by atoms with Crippen molar-refractivity contribution < 1.29 is 22.6 Å². The second-order valence-corrected chi connectivity index (χ2v) is 6.90. The maximum atomic E-state index is 14.3. The number of rotatable bonds is 4. The first-order valence-corrected chi connectivity index (χ1v) is 7.67. The number of alkyl halides is 1. The van der Waals surface area contributed by atoms with E-state index in [2.05, 4.69) is 0 Å². The summed E-state index contributed by atoms with van der Waals surface area (Å²) >= 11 is 0. The van der Waals surface area contributed by atoms with Crippen molar-refractivity contribution in [2.24, 2.45) is 5.92 Å². The van der Waals surface area contributed by atoms with E-state index in [-0.39, 0.29) is 30.6 Å². The molecular weight excluding hydrogens is 293 g/mol. The van der Waals surface area contributed by atoms with Crippen molar-refractivity contribution >= 4 is 0 Å². The molecule has 2 bridgehead atoms. The van der Waals surface area contributed by atoms with Crippen LogP contribution in [0.1, 0.15) is 39.2 Å². The summed E-state index contributed by atoms with van der Waals surface area (Å²) < 4.78 is 53.4. The highest BCUT2D eigenvalue weighted by molar-refractivity contribution is 5.19. The van der Waals surface area contributed by atoms with Crippen molar-refractivity contribution in [2.75, 3.05) is 0 Å². The predicted octanol–water partition coefficient (Wildman–Crippen LogP) is 4.17. The lowest BCUT2D eigenvalue weighted by molar-refractivity contribution is -0.101. The molecule has 22 heavy (non-hydrogen) atoms. The van der Waals surface area contributed by atoms with Gasteiger partial charge >= 0.3 is 0 Å². The van der Waals surface area contributed by atoms with Gasteiger partial charge < -0.3 is 9.47 Å². The maximum absolute atomic E-state index is 14.3. The molecule has 4 atom stereocenters. The fourth-order valence-corrected chi connectivity index (χ4v) is 3.75. The Morgan fingerprint density at radius 1 is 1.27 bits per heavy atom. The Hall–Kier alpha value is -1.07. The molecule has 3 rings (SSSR count). The summed E-state index contributed by atoms with van der Waals surface area (Å²) in [7, 11) is 0. The molecule has 1 aromatic carbocycles. The molecule has 2 saturated heterocycles. The van der Waals surface area contributed by atoms with Crippen molar-refractivity contribution in [2.45, 2.75) is 63.7 Å². The largest absolute Gasteiger partial charge is 0.370 e. The average molecular weight is 314 g/mol. The Balaban J connectivity index is 1.75. The topological polar surface area (TPSA) is 18.5 Å². The first-order valence-electron chi connectivity index (χ1n) is 7.67. The van der Waals surface area contributed by atoms with E-state index in [0.717, 1.165) is 0 Å². The summed E-state index contributed by atoms with van der Waals surface area (Å²) in [6.07, 6.45) is -0.711. The minimum Gasteiger partial charge on any atom is -0.370 e. The Labute approximate surface area is 128 Å². The minimum atomic E-state index is -1.03. The van der Waals surface area contributed by atoms with Gasteiger partial charge in [-0.2, -0.15) is 0 Å². The number of halogens is 3. The monoisotopic (exact) mass is 314 g/mol. The van der Waals surface area contributed by atoms with E-state index in [1.165, 1.54) is 18.2 Å². The third kappa shape index (κ3) is 2.26. The number of benzene rings is 1. The van der Waals surface area contributed by atoms with Gasteiger partial charge in [0.2, 0.25) is 0 Å². The molecule has 2 fully saturated rings. The Morgan fingerprint density at radius 2 is 1.91 bits per heavy atom. The van der Waals surface area contributed by atoms with Crippen molar-refractivity contribution in [3.8, 4) is 0 Å². The van der Waals surface area contributed by atoms with Crippen molar-refractivity contribution in [3.05, 3.63) is 35.4 Å². The lowest BCUT2D eigenvalue weighted by Crippen LogP contribution is -2.45. The van der Waals surface area contributed by atoms with Gasteiger partial charge in [-0.25, -0.2) is 13.2 Å². The SMILES string of the molecule is CC(C)[C@]12C[C@@H](OCc3c(F)cccc3F)[C@](C)(C[C@@H]1F)O2. The molecule has 5 heteroatoms. The van der Waals surface area contributed by atoms with Crippen LogP contribution in [0.5, 0.6) is 0 Å². The highest BCUT2D eigenvalue weighted by Crippen LogP contribution is 2.56.